The first-order valence-electron chi connectivity index (χ1n) is 5.79. The molecule has 0 amide bonds. The molecule has 0 atom stereocenters. The van der Waals surface area contributed by atoms with Crippen LogP contribution < -0.4 is 4.74 Å². The van der Waals surface area contributed by atoms with Crippen LogP contribution in [-0.2, 0) is 6.61 Å². The van der Waals surface area contributed by atoms with E-state index in [0.29, 0.717) is 11.3 Å². The molecule has 0 radical (unpaired) electrons. The first-order chi connectivity index (χ1) is 9.47. The Balaban J connectivity index is 2.11. The van der Waals surface area contributed by atoms with Gasteiger partial charge in [0, 0.05) is 10.5 Å². The minimum Gasteiger partial charge on any atom is -0.489 e. The second-order valence-electron chi connectivity index (χ2n) is 4.24. The zero-order valence-electron chi connectivity index (χ0n) is 10.6. The van der Waals surface area contributed by atoms with Crippen molar-refractivity contribution in [1.29, 1.82) is 0 Å². The van der Waals surface area contributed by atoms with Gasteiger partial charge in [-0.2, -0.15) is 4.39 Å². The summed E-state index contributed by atoms with van der Waals surface area (Å²) in [6.45, 7) is 2.05. The summed E-state index contributed by atoms with van der Waals surface area (Å²) >= 11 is 3.35. The van der Waals surface area contributed by atoms with Gasteiger partial charge in [0.15, 0.2) is 0 Å². The second kappa shape index (κ2) is 6.00. The number of hydrogen-bond acceptors (Lipinski definition) is 3. The van der Waals surface area contributed by atoms with Gasteiger partial charge in [0.05, 0.1) is 4.92 Å². The molecule has 0 aliphatic heterocycles. The third-order valence-corrected chi connectivity index (χ3v) is 3.23. The summed E-state index contributed by atoms with van der Waals surface area (Å²) in [6.07, 6.45) is 0. The van der Waals surface area contributed by atoms with Gasteiger partial charge in [-0.05, 0) is 48.4 Å². The van der Waals surface area contributed by atoms with Crippen molar-refractivity contribution in [2.24, 2.45) is 0 Å². The molecule has 0 heterocycles. The van der Waals surface area contributed by atoms with E-state index in [0.717, 1.165) is 22.2 Å². The molecule has 0 unspecified atom stereocenters. The number of nitrogens with zero attached hydrogens (tertiary/aromatic N) is 1. The van der Waals surface area contributed by atoms with Gasteiger partial charge in [-0.15, -0.1) is 0 Å². The van der Waals surface area contributed by atoms with E-state index in [9.17, 15) is 14.5 Å². The molecule has 6 heteroatoms. The smallest absolute Gasteiger partial charge is 0.304 e. The molecule has 0 aliphatic carbocycles. The summed E-state index contributed by atoms with van der Waals surface area (Å²) in [7, 11) is 0. The van der Waals surface area contributed by atoms with Gasteiger partial charge in [0.25, 0.3) is 0 Å². The van der Waals surface area contributed by atoms with Gasteiger partial charge in [0.1, 0.15) is 12.4 Å². The van der Waals surface area contributed by atoms with Crippen LogP contribution in [0.5, 0.6) is 5.75 Å². The van der Waals surface area contributed by atoms with Crippen LogP contribution in [0.15, 0.2) is 40.9 Å². The topological polar surface area (TPSA) is 52.4 Å². The number of benzene rings is 2. The van der Waals surface area contributed by atoms with Crippen molar-refractivity contribution in [1.82, 2.24) is 0 Å². The van der Waals surface area contributed by atoms with Crippen LogP contribution in [0.2, 0.25) is 0 Å². The minimum atomic E-state index is -0.858. The fourth-order valence-electron chi connectivity index (χ4n) is 1.72. The molecule has 4 nitrogen and oxygen atoms in total. The second-order valence-corrected chi connectivity index (χ2v) is 5.16. The zero-order chi connectivity index (χ0) is 14.7. The lowest BCUT2D eigenvalue weighted by Gasteiger charge is -2.09. The Morgan fingerprint density at radius 2 is 2.05 bits per heavy atom. The van der Waals surface area contributed by atoms with Crippen LogP contribution in [0.1, 0.15) is 11.1 Å². The number of nitro groups is 1. The summed E-state index contributed by atoms with van der Waals surface area (Å²) in [5, 5.41) is 10.5. The van der Waals surface area contributed by atoms with Crippen molar-refractivity contribution in [3.05, 3.63) is 67.9 Å². The van der Waals surface area contributed by atoms with Crippen molar-refractivity contribution < 1.29 is 14.1 Å². The van der Waals surface area contributed by atoms with E-state index in [1.165, 1.54) is 6.07 Å². The predicted octanol–water partition coefficient (Wildman–Crippen LogP) is 4.38. The Morgan fingerprint density at radius 1 is 1.30 bits per heavy atom. The van der Waals surface area contributed by atoms with E-state index in [-0.39, 0.29) is 6.61 Å². The van der Waals surface area contributed by atoms with Gasteiger partial charge in [-0.25, -0.2) is 0 Å². The standard InChI is InChI=1S/C14H11BrFNO3/c1-9-6-11(15)3-5-14(9)20-8-10-2-4-13(17(18)19)12(16)7-10/h2-7H,8H2,1H3. The fourth-order valence-corrected chi connectivity index (χ4v) is 2.20. The molecular weight excluding hydrogens is 329 g/mol. The van der Waals surface area contributed by atoms with Gasteiger partial charge in [-0.3, -0.25) is 10.1 Å². The maximum Gasteiger partial charge on any atom is 0.304 e. The highest BCUT2D eigenvalue weighted by Crippen LogP contribution is 2.24. The fraction of sp³-hybridized carbons (Fsp3) is 0.143. The van der Waals surface area contributed by atoms with Crippen molar-refractivity contribution in [3.8, 4) is 5.75 Å². The number of rotatable bonds is 4. The Labute approximate surface area is 123 Å². The van der Waals surface area contributed by atoms with Crippen LogP contribution in [0, 0.1) is 22.9 Å². The van der Waals surface area contributed by atoms with Crippen LogP contribution in [-0.4, -0.2) is 4.92 Å². The highest BCUT2D eigenvalue weighted by molar-refractivity contribution is 9.10. The monoisotopic (exact) mass is 339 g/mol. The lowest BCUT2D eigenvalue weighted by Crippen LogP contribution is -1.99. The average Bonchev–Trinajstić information content (AvgIpc) is 2.37. The van der Waals surface area contributed by atoms with E-state index >= 15 is 0 Å². The van der Waals surface area contributed by atoms with Gasteiger partial charge in [-0.1, -0.05) is 15.9 Å². The predicted molar refractivity (Wildman–Crippen MR) is 76.3 cm³/mol. The van der Waals surface area contributed by atoms with E-state index < -0.39 is 16.4 Å². The van der Waals surface area contributed by atoms with Crippen molar-refractivity contribution in [3.63, 3.8) is 0 Å². The summed E-state index contributed by atoms with van der Waals surface area (Å²) in [4.78, 5) is 9.77. The molecule has 2 rings (SSSR count). The van der Waals surface area contributed by atoms with Gasteiger partial charge >= 0.3 is 5.69 Å². The molecule has 20 heavy (non-hydrogen) atoms. The molecule has 0 N–H and O–H groups in total. The minimum absolute atomic E-state index is 0.150. The Hall–Kier alpha value is -1.95. The van der Waals surface area contributed by atoms with Crippen molar-refractivity contribution in [2.75, 3.05) is 0 Å². The van der Waals surface area contributed by atoms with Crippen LogP contribution in [0.3, 0.4) is 0 Å². The highest BCUT2D eigenvalue weighted by Gasteiger charge is 2.13. The van der Waals surface area contributed by atoms with Crippen LogP contribution in [0.4, 0.5) is 10.1 Å². The van der Waals surface area contributed by atoms with E-state index in [1.54, 1.807) is 6.07 Å². The molecule has 0 saturated carbocycles. The Kier molecular flexibility index (Phi) is 4.34. The third-order valence-electron chi connectivity index (χ3n) is 2.74. The molecule has 0 fully saturated rings. The first-order valence-corrected chi connectivity index (χ1v) is 6.58. The molecule has 0 aliphatic rings. The Morgan fingerprint density at radius 3 is 2.65 bits per heavy atom. The summed E-state index contributed by atoms with van der Waals surface area (Å²) in [6, 6.07) is 9.30. The number of aryl methyl sites for hydroxylation is 1. The largest absolute Gasteiger partial charge is 0.489 e. The number of hydrogen-bond donors (Lipinski definition) is 0. The molecule has 0 saturated heterocycles. The maximum atomic E-state index is 13.5. The highest BCUT2D eigenvalue weighted by atomic mass is 79.9. The number of ether oxygens (including phenoxy) is 1. The molecule has 2 aromatic rings. The lowest BCUT2D eigenvalue weighted by atomic mass is 10.2. The summed E-state index contributed by atoms with van der Waals surface area (Å²) < 4.78 is 20.0. The van der Waals surface area contributed by atoms with Crippen molar-refractivity contribution >= 4 is 21.6 Å². The number of halogens is 2. The van der Waals surface area contributed by atoms with Crippen molar-refractivity contribution in [2.45, 2.75) is 13.5 Å². The van der Waals surface area contributed by atoms with Crippen LogP contribution >= 0.6 is 15.9 Å². The van der Waals surface area contributed by atoms with Gasteiger partial charge in [0.2, 0.25) is 5.82 Å². The summed E-state index contributed by atoms with van der Waals surface area (Å²) in [5.41, 5.74) is 0.950. The molecule has 104 valence electrons. The summed E-state index contributed by atoms with van der Waals surface area (Å²) in [5.74, 6) is -0.171. The molecule has 0 aromatic heterocycles. The van der Waals surface area contributed by atoms with E-state index in [4.69, 9.17) is 4.74 Å². The first kappa shape index (κ1) is 14.5. The lowest BCUT2D eigenvalue weighted by molar-refractivity contribution is -0.387. The van der Waals surface area contributed by atoms with Crippen LogP contribution in [0.25, 0.3) is 0 Å². The molecule has 0 bridgehead atoms. The SMILES string of the molecule is Cc1cc(Br)ccc1OCc1ccc([N+](=O)[O-])c(F)c1. The van der Waals surface area contributed by atoms with E-state index in [1.807, 2.05) is 19.1 Å². The molecule has 0 spiro atoms. The number of nitro benzene ring substituents is 1. The normalized spacial score (nSPS) is 10.3. The molecular formula is C14H11BrFNO3. The maximum absolute atomic E-state index is 13.5. The molecule has 2 aromatic carbocycles. The van der Waals surface area contributed by atoms with E-state index in [2.05, 4.69) is 15.9 Å². The quantitative estimate of drug-likeness (QED) is 0.613. The Bertz CT molecular complexity index is 661. The average molecular weight is 340 g/mol. The van der Waals surface area contributed by atoms with Gasteiger partial charge < -0.3 is 4.74 Å². The zero-order valence-corrected chi connectivity index (χ0v) is 12.2. The third kappa shape index (κ3) is 3.33.